The molecule has 0 saturated heterocycles. The largest absolute Gasteiger partial charge is 0.504 e. The van der Waals surface area contributed by atoms with E-state index in [-0.39, 0.29) is 11.5 Å². The molecule has 2 aromatic rings. The Balaban J connectivity index is 2.10. The molecule has 2 N–H and O–H groups in total. The van der Waals surface area contributed by atoms with Gasteiger partial charge >= 0.3 is 0 Å². The first-order valence-corrected chi connectivity index (χ1v) is 6.32. The van der Waals surface area contributed by atoms with Crippen LogP contribution < -0.4 is 10.0 Å². The normalized spacial score (nSPS) is 13.2. The van der Waals surface area contributed by atoms with Crippen molar-refractivity contribution in [3.63, 3.8) is 0 Å². The van der Waals surface area contributed by atoms with Crippen molar-refractivity contribution < 1.29 is 14.9 Å². The van der Waals surface area contributed by atoms with E-state index in [0.717, 1.165) is 35.0 Å². The number of benzene rings is 2. The summed E-state index contributed by atoms with van der Waals surface area (Å²) in [6.45, 7) is 0. The maximum atomic E-state index is 9.54. The average Bonchev–Trinajstić information content (AvgIpc) is 2.49. The van der Waals surface area contributed by atoms with Gasteiger partial charge in [-0.2, -0.15) is 0 Å². The second-order valence-corrected chi connectivity index (χ2v) is 5.08. The molecule has 1 atom stereocenters. The highest BCUT2D eigenvalue weighted by molar-refractivity contribution is 7.27. The molecule has 0 radical (unpaired) electrons. The van der Waals surface area contributed by atoms with E-state index in [0.29, 0.717) is 5.75 Å². The maximum Gasteiger partial charge on any atom is 0.161 e. The Morgan fingerprint density at radius 1 is 0.889 bits per heavy atom. The second-order valence-electron chi connectivity index (χ2n) is 4.42. The maximum absolute atomic E-state index is 9.54. The van der Waals surface area contributed by atoms with Gasteiger partial charge in [-0.15, -0.1) is 9.24 Å². The van der Waals surface area contributed by atoms with Crippen molar-refractivity contribution in [2.45, 2.75) is 12.8 Å². The molecule has 1 heterocycles. The Bertz CT molecular complexity index is 623. The van der Waals surface area contributed by atoms with E-state index in [1.165, 1.54) is 6.07 Å². The Kier molecular flexibility index (Phi) is 2.64. The zero-order valence-corrected chi connectivity index (χ0v) is 10.8. The van der Waals surface area contributed by atoms with Gasteiger partial charge in [-0.05, 0) is 41.4 Å². The number of aromatic hydroxyl groups is 2. The van der Waals surface area contributed by atoms with Crippen molar-refractivity contribution in [2.75, 3.05) is 0 Å². The van der Waals surface area contributed by atoms with Crippen LogP contribution in [0.1, 0.15) is 11.1 Å². The lowest BCUT2D eigenvalue weighted by atomic mass is 10.0. The first-order chi connectivity index (χ1) is 8.63. The van der Waals surface area contributed by atoms with Gasteiger partial charge < -0.3 is 14.9 Å². The number of ether oxygens (including phenoxy) is 1. The third-order valence-electron chi connectivity index (χ3n) is 3.13. The molecule has 0 amide bonds. The molecule has 18 heavy (non-hydrogen) atoms. The summed E-state index contributed by atoms with van der Waals surface area (Å²) < 4.78 is 5.83. The van der Waals surface area contributed by atoms with Crippen LogP contribution >= 0.6 is 9.24 Å². The number of aryl methyl sites for hydroxylation is 2. The van der Waals surface area contributed by atoms with Gasteiger partial charge in [0, 0.05) is 6.07 Å². The summed E-state index contributed by atoms with van der Waals surface area (Å²) >= 11 is 0. The van der Waals surface area contributed by atoms with Gasteiger partial charge in [-0.25, -0.2) is 0 Å². The van der Waals surface area contributed by atoms with Crippen molar-refractivity contribution >= 4 is 14.5 Å². The second kappa shape index (κ2) is 4.18. The van der Waals surface area contributed by atoms with E-state index >= 15 is 0 Å². The van der Waals surface area contributed by atoms with E-state index in [1.54, 1.807) is 6.07 Å². The Labute approximate surface area is 107 Å². The fourth-order valence-electron chi connectivity index (χ4n) is 2.15. The topological polar surface area (TPSA) is 49.7 Å². The molecular weight excluding hydrogens is 247 g/mol. The van der Waals surface area contributed by atoms with E-state index in [2.05, 4.69) is 9.24 Å². The molecule has 4 heteroatoms. The standard InChI is InChI=1S/C14H13O3P/c15-11-5-9-2-1-8-3-4-10(18)6-13(8)17-14(9)7-12(11)16/h3-7,15-16H,1-2,18H2. The number of phenols is 2. The quantitative estimate of drug-likeness (QED) is 0.565. The Hall–Kier alpha value is -1.73. The lowest BCUT2D eigenvalue weighted by Gasteiger charge is -2.10. The summed E-state index contributed by atoms with van der Waals surface area (Å²) in [5.41, 5.74) is 2.04. The molecule has 0 fully saturated rings. The SMILES string of the molecule is Oc1cc2c(cc1O)Oc1cc(P)ccc1CC2. The first-order valence-electron chi connectivity index (χ1n) is 5.74. The van der Waals surface area contributed by atoms with Crippen molar-refractivity contribution in [1.29, 1.82) is 0 Å². The summed E-state index contributed by atoms with van der Waals surface area (Å²) in [4.78, 5) is 0. The number of hydrogen-bond acceptors (Lipinski definition) is 3. The highest BCUT2D eigenvalue weighted by Crippen LogP contribution is 2.39. The van der Waals surface area contributed by atoms with Crippen LogP contribution in [0.4, 0.5) is 0 Å². The number of rotatable bonds is 0. The molecular formula is C14H13O3P. The van der Waals surface area contributed by atoms with Crippen molar-refractivity contribution in [3.8, 4) is 23.0 Å². The number of fused-ring (bicyclic) bond motifs is 2. The smallest absolute Gasteiger partial charge is 0.161 e. The summed E-state index contributed by atoms with van der Waals surface area (Å²) in [6.07, 6.45) is 1.64. The van der Waals surface area contributed by atoms with E-state index in [4.69, 9.17) is 4.74 Å². The van der Waals surface area contributed by atoms with Gasteiger partial charge in [-0.1, -0.05) is 12.1 Å². The van der Waals surface area contributed by atoms with Crippen LogP contribution in [0.25, 0.3) is 0 Å². The molecule has 92 valence electrons. The minimum atomic E-state index is -0.153. The van der Waals surface area contributed by atoms with Crippen LogP contribution in [0.3, 0.4) is 0 Å². The summed E-state index contributed by atoms with van der Waals surface area (Å²) in [7, 11) is 2.64. The zero-order chi connectivity index (χ0) is 12.7. The molecule has 3 nitrogen and oxygen atoms in total. The van der Waals surface area contributed by atoms with Gasteiger partial charge in [0.05, 0.1) is 0 Å². The van der Waals surface area contributed by atoms with Gasteiger partial charge in [0.25, 0.3) is 0 Å². The van der Waals surface area contributed by atoms with Crippen LogP contribution in [0.5, 0.6) is 23.0 Å². The van der Waals surface area contributed by atoms with Gasteiger partial charge in [0.2, 0.25) is 0 Å². The van der Waals surface area contributed by atoms with Crippen LogP contribution in [0.2, 0.25) is 0 Å². The molecule has 0 spiro atoms. The fraction of sp³-hybridized carbons (Fsp3) is 0.143. The first kappa shape index (κ1) is 11.4. The third kappa shape index (κ3) is 1.91. The lowest BCUT2D eigenvalue weighted by molar-refractivity contribution is 0.397. The number of hydrogen-bond donors (Lipinski definition) is 2. The predicted octanol–water partition coefficient (Wildman–Crippen LogP) is 2.49. The van der Waals surface area contributed by atoms with Gasteiger partial charge in [-0.3, -0.25) is 0 Å². The molecule has 0 bridgehead atoms. The highest BCUT2D eigenvalue weighted by atomic mass is 31.0. The Morgan fingerprint density at radius 2 is 1.56 bits per heavy atom. The molecule has 0 aliphatic carbocycles. The fourth-order valence-corrected chi connectivity index (χ4v) is 2.40. The molecule has 1 aliphatic heterocycles. The average molecular weight is 260 g/mol. The molecule has 0 saturated carbocycles. The summed E-state index contributed by atoms with van der Waals surface area (Å²) in [5, 5.41) is 20.1. The van der Waals surface area contributed by atoms with E-state index < -0.39 is 0 Å². The predicted molar refractivity (Wildman–Crippen MR) is 73.0 cm³/mol. The van der Waals surface area contributed by atoms with Crippen LogP contribution in [0, 0.1) is 0 Å². The van der Waals surface area contributed by atoms with Crippen molar-refractivity contribution in [2.24, 2.45) is 0 Å². The summed E-state index contributed by atoms with van der Waals surface area (Å²) in [5.74, 6) is 1.17. The van der Waals surface area contributed by atoms with E-state index in [9.17, 15) is 10.2 Å². The molecule has 2 aromatic carbocycles. The molecule has 1 unspecified atom stereocenters. The minimum Gasteiger partial charge on any atom is -0.504 e. The van der Waals surface area contributed by atoms with Gasteiger partial charge in [0.15, 0.2) is 11.5 Å². The van der Waals surface area contributed by atoms with Crippen LogP contribution in [-0.2, 0) is 12.8 Å². The third-order valence-corrected chi connectivity index (χ3v) is 3.49. The Morgan fingerprint density at radius 3 is 2.39 bits per heavy atom. The van der Waals surface area contributed by atoms with Crippen molar-refractivity contribution in [1.82, 2.24) is 0 Å². The van der Waals surface area contributed by atoms with Gasteiger partial charge in [0.1, 0.15) is 11.5 Å². The van der Waals surface area contributed by atoms with E-state index in [1.807, 2.05) is 18.2 Å². The highest BCUT2D eigenvalue weighted by Gasteiger charge is 2.17. The molecule has 3 rings (SSSR count). The molecule has 1 aliphatic rings. The van der Waals surface area contributed by atoms with Crippen LogP contribution in [-0.4, -0.2) is 10.2 Å². The number of phenolic OH excluding ortho intramolecular Hbond substituents is 2. The zero-order valence-electron chi connectivity index (χ0n) is 9.68. The van der Waals surface area contributed by atoms with Crippen molar-refractivity contribution in [3.05, 3.63) is 41.5 Å². The summed E-state index contributed by atoms with van der Waals surface area (Å²) in [6, 6.07) is 9.06. The minimum absolute atomic E-state index is 0.102. The lowest BCUT2D eigenvalue weighted by Crippen LogP contribution is -1.95. The van der Waals surface area contributed by atoms with Crippen LogP contribution in [0.15, 0.2) is 30.3 Å². The monoisotopic (exact) mass is 260 g/mol. The molecule has 0 aromatic heterocycles.